The number of anilines is 6. The Morgan fingerprint density at radius 3 is 1.17 bits per heavy atom. The third-order valence-electron chi connectivity index (χ3n) is 11.5. The number of rotatable bonds is 4. The van der Waals surface area contributed by atoms with E-state index >= 15 is 0 Å². The van der Waals surface area contributed by atoms with Crippen molar-refractivity contribution in [2.24, 2.45) is 0 Å². The number of fused-ring (bicyclic) bond motifs is 4. The van der Waals surface area contributed by atoms with Crippen molar-refractivity contribution in [3.63, 3.8) is 0 Å². The summed E-state index contributed by atoms with van der Waals surface area (Å²) in [5.74, 6) is 0. The van der Waals surface area contributed by atoms with Gasteiger partial charge in [-0.25, -0.2) is 4.85 Å². The zero-order valence-corrected chi connectivity index (χ0v) is 30.8. The van der Waals surface area contributed by atoms with Crippen molar-refractivity contribution in [3.05, 3.63) is 197 Å². The normalized spacial score (nSPS) is 14.5. The van der Waals surface area contributed by atoms with Gasteiger partial charge in [-0.05, 0) is 81.9 Å². The van der Waals surface area contributed by atoms with Crippen LogP contribution < -0.4 is 9.80 Å². The van der Waals surface area contributed by atoms with E-state index in [1.165, 1.54) is 22.3 Å². The second-order valence-corrected chi connectivity index (χ2v) is 15.2. The Hall–Kier alpha value is -6.88. The van der Waals surface area contributed by atoms with E-state index in [4.69, 9.17) is 6.57 Å². The maximum absolute atomic E-state index is 9.75. The Balaban J connectivity index is 1.43. The maximum Gasteiger partial charge on any atom is 0.187 e. The predicted octanol–water partition coefficient (Wildman–Crippen LogP) is 13.7. The lowest BCUT2D eigenvalue weighted by Gasteiger charge is -2.44. The number of para-hydroxylation sites is 4. The van der Waals surface area contributed by atoms with Gasteiger partial charge in [-0.1, -0.05) is 137 Å². The molecule has 0 atom stereocenters. The summed E-state index contributed by atoms with van der Waals surface area (Å²) in [6.07, 6.45) is 0. The summed E-state index contributed by atoms with van der Waals surface area (Å²) in [6.45, 7) is 16.9. The number of hydrogen-bond donors (Lipinski definition) is 0. The van der Waals surface area contributed by atoms with Gasteiger partial charge in [-0.3, -0.25) is 0 Å². The molecular weight excluding hydrogens is 657 g/mol. The number of hydrogen-bond acceptors (Lipinski definition) is 3. The lowest BCUT2D eigenvalue weighted by atomic mass is 9.73. The Bertz CT molecular complexity index is 2400. The van der Waals surface area contributed by atoms with Crippen LogP contribution in [0.1, 0.15) is 55.5 Å². The van der Waals surface area contributed by atoms with Crippen LogP contribution in [0.5, 0.6) is 0 Å². The molecule has 4 heteroatoms. The number of nitriles is 1. The molecule has 0 amide bonds. The second-order valence-electron chi connectivity index (χ2n) is 15.2. The van der Waals surface area contributed by atoms with Gasteiger partial charge in [-0.2, -0.15) is 5.26 Å². The second kappa shape index (κ2) is 12.4. The summed E-state index contributed by atoms with van der Waals surface area (Å²) in [5, 5.41) is 9.75. The van der Waals surface area contributed by atoms with Crippen LogP contribution >= 0.6 is 0 Å². The first-order valence-corrected chi connectivity index (χ1v) is 18.4. The molecule has 7 aromatic carbocycles. The van der Waals surface area contributed by atoms with E-state index in [1.807, 2.05) is 24.3 Å². The van der Waals surface area contributed by atoms with Crippen molar-refractivity contribution < 1.29 is 0 Å². The van der Waals surface area contributed by atoms with Crippen LogP contribution in [0.2, 0.25) is 0 Å². The zero-order chi connectivity index (χ0) is 37.2. The van der Waals surface area contributed by atoms with Crippen molar-refractivity contribution in [1.29, 1.82) is 5.26 Å². The molecule has 4 nitrogen and oxygen atoms in total. The van der Waals surface area contributed by atoms with Crippen molar-refractivity contribution in [2.75, 3.05) is 9.80 Å². The lowest BCUT2D eigenvalue weighted by molar-refractivity contribution is 0.631. The highest BCUT2D eigenvalue weighted by Crippen LogP contribution is 2.58. The fourth-order valence-corrected chi connectivity index (χ4v) is 8.71. The third kappa shape index (κ3) is 4.96. The molecule has 0 unspecified atom stereocenters. The zero-order valence-electron chi connectivity index (χ0n) is 30.8. The maximum atomic E-state index is 9.75. The smallest absolute Gasteiger partial charge is 0.187 e. The molecule has 0 saturated heterocycles. The van der Waals surface area contributed by atoms with E-state index in [2.05, 4.69) is 182 Å². The summed E-state index contributed by atoms with van der Waals surface area (Å²) >= 11 is 0. The largest absolute Gasteiger partial charge is 0.309 e. The van der Waals surface area contributed by atoms with Crippen LogP contribution in [-0.2, 0) is 10.8 Å². The van der Waals surface area contributed by atoms with Crippen LogP contribution in [0.15, 0.2) is 158 Å². The molecule has 54 heavy (non-hydrogen) atoms. The van der Waals surface area contributed by atoms with E-state index < -0.39 is 0 Å². The predicted molar refractivity (Wildman–Crippen MR) is 222 cm³/mol. The molecule has 2 aliphatic heterocycles. The minimum absolute atomic E-state index is 0.220. The SMILES string of the molecule is [C-]#[N+]c1ccc(-c2cc(-c3ccc(C#N)cc3)c(N3c4ccccc4C(C)(C)c4ccccc43)cc2N2c3ccccc3C(C)(C)c3ccccc32)cc1. The monoisotopic (exact) mass is 694 g/mol. The molecule has 0 bridgehead atoms. The fraction of sp³-hybridized carbons (Fsp3) is 0.120. The van der Waals surface area contributed by atoms with Gasteiger partial charge in [0.1, 0.15) is 0 Å². The average Bonchev–Trinajstić information content (AvgIpc) is 3.21. The van der Waals surface area contributed by atoms with Gasteiger partial charge >= 0.3 is 0 Å². The minimum Gasteiger partial charge on any atom is -0.309 e. The number of benzene rings is 7. The van der Waals surface area contributed by atoms with Crippen molar-refractivity contribution in [2.45, 2.75) is 38.5 Å². The van der Waals surface area contributed by atoms with Gasteiger partial charge in [0.2, 0.25) is 0 Å². The first kappa shape index (κ1) is 33.0. The first-order valence-electron chi connectivity index (χ1n) is 18.4. The summed E-state index contributed by atoms with van der Waals surface area (Å²) in [5.41, 5.74) is 16.5. The molecule has 0 fully saturated rings. The Kier molecular flexibility index (Phi) is 7.56. The van der Waals surface area contributed by atoms with E-state index in [0.29, 0.717) is 11.3 Å². The molecule has 0 spiro atoms. The van der Waals surface area contributed by atoms with Gasteiger partial charge in [0.25, 0.3) is 0 Å². The molecular formula is C50H38N4. The van der Waals surface area contributed by atoms with Gasteiger partial charge < -0.3 is 9.80 Å². The molecule has 7 aromatic rings. The van der Waals surface area contributed by atoms with E-state index in [-0.39, 0.29) is 10.8 Å². The molecule has 0 aliphatic carbocycles. The van der Waals surface area contributed by atoms with Gasteiger partial charge in [-0.15, -0.1) is 0 Å². The van der Waals surface area contributed by atoms with Crippen LogP contribution in [0.3, 0.4) is 0 Å². The molecule has 258 valence electrons. The van der Waals surface area contributed by atoms with Gasteiger partial charge in [0.15, 0.2) is 5.69 Å². The minimum atomic E-state index is -0.220. The quantitative estimate of drug-likeness (QED) is 0.172. The molecule has 0 aromatic heterocycles. The molecule has 9 rings (SSSR count). The van der Waals surface area contributed by atoms with Crippen molar-refractivity contribution in [3.8, 4) is 28.3 Å². The molecule has 2 heterocycles. The topological polar surface area (TPSA) is 34.6 Å². The van der Waals surface area contributed by atoms with E-state index in [1.54, 1.807) is 0 Å². The average molecular weight is 695 g/mol. The Morgan fingerprint density at radius 1 is 0.463 bits per heavy atom. The molecule has 2 aliphatic rings. The highest BCUT2D eigenvalue weighted by molar-refractivity contribution is 6.01. The highest BCUT2D eigenvalue weighted by atomic mass is 15.2. The summed E-state index contributed by atoms with van der Waals surface area (Å²) in [6, 6.07) is 57.9. The summed E-state index contributed by atoms with van der Waals surface area (Å²) < 4.78 is 0. The van der Waals surface area contributed by atoms with E-state index in [9.17, 15) is 5.26 Å². The third-order valence-corrected chi connectivity index (χ3v) is 11.5. The molecule has 0 N–H and O–H groups in total. The van der Waals surface area contributed by atoms with Crippen molar-refractivity contribution >= 4 is 39.8 Å². The highest BCUT2D eigenvalue weighted by Gasteiger charge is 2.40. The first-order chi connectivity index (χ1) is 26.2. The Morgan fingerprint density at radius 2 is 0.815 bits per heavy atom. The molecule has 0 saturated carbocycles. The summed E-state index contributed by atoms with van der Waals surface area (Å²) in [7, 11) is 0. The molecule has 0 radical (unpaired) electrons. The van der Waals surface area contributed by atoms with Crippen LogP contribution in [-0.4, -0.2) is 0 Å². The summed E-state index contributed by atoms with van der Waals surface area (Å²) in [4.78, 5) is 8.58. The van der Waals surface area contributed by atoms with Gasteiger partial charge in [0.05, 0.1) is 52.3 Å². The Labute approximate surface area is 317 Å². The van der Waals surface area contributed by atoms with E-state index in [0.717, 1.165) is 56.4 Å². The van der Waals surface area contributed by atoms with Crippen LogP contribution in [0.4, 0.5) is 39.8 Å². The van der Waals surface area contributed by atoms with Crippen LogP contribution in [0, 0.1) is 17.9 Å². The lowest BCUT2D eigenvalue weighted by Crippen LogP contribution is -2.32. The standard InChI is InChI=1S/C50H38N4/c1-49(2)39-14-6-10-18-43(39)53(44-19-11-7-15-40(44)49)47-31-48(54-45-20-12-8-16-41(45)50(3,4)42-17-9-13-21-46(42)54)38(35-26-28-36(52-5)29-27-35)30-37(47)34-24-22-33(32-51)23-25-34/h6-31H,1-4H3. The number of nitrogens with zero attached hydrogens (tertiary/aromatic N) is 4. The van der Waals surface area contributed by atoms with Gasteiger partial charge in [0, 0.05) is 22.0 Å². The fourth-order valence-electron chi connectivity index (χ4n) is 8.71. The van der Waals surface area contributed by atoms with Crippen molar-refractivity contribution in [1.82, 2.24) is 0 Å². The van der Waals surface area contributed by atoms with Crippen LogP contribution in [0.25, 0.3) is 27.1 Å².